The average Bonchev–Trinajstić information content (AvgIpc) is 2.88. The highest BCUT2D eigenvalue weighted by molar-refractivity contribution is 9.10. The Morgan fingerprint density at radius 1 is 1.45 bits per heavy atom. The summed E-state index contributed by atoms with van der Waals surface area (Å²) in [6, 6.07) is 7.49. The van der Waals surface area contributed by atoms with E-state index in [0.29, 0.717) is 0 Å². The molecular weight excluding hydrogens is 340 g/mol. The van der Waals surface area contributed by atoms with E-state index in [-0.39, 0.29) is 11.2 Å². The summed E-state index contributed by atoms with van der Waals surface area (Å²) in [5.41, 5.74) is 0.780. The average molecular weight is 355 g/mol. The summed E-state index contributed by atoms with van der Waals surface area (Å²) in [6.07, 6.45) is 1.67. The normalized spacial score (nSPS) is 12.2. The summed E-state index contributed by atoms with van der Waals surface area (Å²) in [6.45, 7) is 4.66. The van der Waals surface area contributed by atoms with Gasteiger partial charge in [0, 0.05) is 16.7 Å². The molecule has 1 amide bonds. The number of rotatable bonds is 5. The number of aromatic nitrogens is 3. The molecule has 1 N–H and O–H groups in total. The predicted molar refractivity (Wildman–Crippen MR) is 83.8 cm³/mol. The number of thioether (sulfide) groups is 1. The molecule has 0 unspecified atom stereocenters. The Labute approximate surface area is 130 Å². The summed E-state index contributed by atoms with van der Waals surface area (Å²) in [4.78, 5) is 12.1. The Balaban J connectivity index is 1.97. The van der Waals surface area contributed by atoms with Crippen LogP contribution in [0.3, 0.4) is 0 Å². The monoisotopic (exact) mass is 354 g/mol. The largest absolute Gasteiger partial charge is 0.325 e. The maximum Gasteiger partial charge on any atom is 0.237 e. The molecule has 0 bridgehead atoms. The molecule has 0 saturated heterocycles. The minimum absolute atomic E-state index is 0.0528. The molecule has 20 heavy (non-hydrogen) atoms. The molecule has 0 fully saturated rings. The smallest absolute Gasteiger partial charge is 0.237 e. The number of hydrogen-bond acceptors (Lipinski definition) is 4. The van der Waals surface area contributed by atoms with Crippen molar-refractivity contribution in [2.24, 2.45) is 0 Å². The molecule has 0 radical (unpaired) electrons. The highest BCUT2D eigenvalue weighted by Gasteiger charge is 2.17. The molecule has 1 aromatic carbocycles. The third-order valence-corrected chi connectivity index (χ3v) is 4.31. The zero-order valence-corrected chi connectivity index (χ0v) is 13.6. The van der Waals surface area contributed by atoms with Crippen LogP contribution < -0.4 is 5.32 Å². The van der Waals surface area contributed by atoms with E-state index in [1.54, 1.807) is 6.33 Å². The summed E-state index contributed by atoms with van der Waals surface area (Å²) >= 11 is 4.76. The van der Waals surface area contributed by atoms with Gasteiger partial charge in [0.15, 0.2) is 5.16 Å². The van der Waals surface area contributed by atoms with E-state index in [0.717, 1.165) is 21.9 Å². The number of carbonyl (C=O) groups excluding carboxylic acids is 1. The van der Waals surface area contributed by atoms with E-state index in [1.807, 2.05) is 42.7 Å². The van der Waals surface area contributed by atoms with Crippen LogP contribution in [0.2, 0.25) is 0 Å². The van der Waals surface area contributed by atoms with Crippen LogP contribution in [-0.2, 0) is 11.3 Å². The highest BCUT2D eigenvalue weighted by atomic mass is 79.9. The number of carbonyl (C=O) groups is 1. The molecule has 1 heterocycles. The van der Waals surface area contributed by atoms with Gasteiger partial charge < -0.3 is 9.88 Å². The van der Waals surface area contributed by atoms with E-state index in [2.05, 4.69) is 31.4 Å². The minimum atomic E-state index is -0.242. The van der Waals surface area contributed by atoms with Crippen molar-refractivity contribution in [3.8, 4) is 0 Å². The fraction of sp³-hybridized carbons (Fsp3) is 0.308. The first-order valence-corrected chi connectivity index (χ1v) is 7.88. The first-order valence-electron chi connectivity index (χ1n) is 6.21. The summed E-state index contributed by atoms with van der Waals surface area (Å²) in [7, 11) is 0. The van der Waals surface area contributed by atoms with Crippen LogP contribution in [0.25, 0.3) is 0 Å². The van der Waals surface area contributed by atoms with Gasteiger partial charge in [-0.25, -0.2) is 0 Å². The Kier molecular flexibility index (Phi) is 5.19. The van der Waals surface area contributed by atoms with Crippen molar-refractivity contribution in [2.75, 3.05) is 5.32 Å². The van der Waals surface area contributed by atoms with Gasteiger partial charge in [0.2, 0.25) is 5.91 Å². The van der Waals surface area contributed by atoms with Gasteiger partial charge in [0.05, 0.1) is 5.25 Å². The second-order valence-corrected chi connectivity index (χ2v) is 6.38. The van der Waals surface area contributed by atoms with Crippen LogP contribution in [0, 0.1) is 0 Å². The van der Waals surface area contributed by atoms with Crippen molar-refractivity contribution in [1.82, 2.24) is 14.8 Å². The number of halogens is 1. The molecule has 2 rings (SSSR count). The first-order chi connectivity index (χ1) is 9.60. The molecule has 0 spiro atoms. The van der Waals surface area contributed by atoms with E-state index in [4.69, 9.17) is 0 Å². The third-order valence-electron chi connectivity index (χ3n) is 2.68. The van der Waals surface area contributed by atoms with Crippen LogP contribution in [-0.4, -0.2) is 25.9 Å². The number of aryl methyl sites for hydroxylation is 1. The van der Waals surface area contributed by atoms with Gasteiger partial charge in [-0.1, -0.05) is 27.7 Å². The molecule has 0 aliphatic rings. The molecule has 7 heteroatoms. The number of benzene rings is 1. The summed E-state index contributed by atoms with van der Waals surface area (Å²) in [5, 5.41) is 11.3. The molecule has 0 saturated carbocycles. The van der Waals surface area contributed by atoms with Gasteiger partial charge in [0.25, 0.3) is 0 Å². The Morgan fingerprint density at radius 3 is 2.80 bits per heavy atom. The zero-order chi connectivity index (χ0) is 14.5. The van der Waals surface area contributed by atoms with Crippen LogP contribution >= 0.6 is 27.7 Å². The van der Waals surface area contributed by atoms with Gasteiger partial charge in [0.1, 0.15) is 6.33 Å². The topological polar surface area (TPSA) is 59.8 Å². The lowest BCUT2D eigenvalue weighted by Gasteiger charge is -2.11. The highest BCUT2D eigenvalue weighted by Crippen LogP contribution is 2.22. The Morgan fingerprint density at radius 2 is 2.15 bits per heavy atom. The molecule has 106 valence electrons. The lowest BCUT2D eigenvalue weighted by Crippen LogP contribution is -2.22. The fourth-order valence-corrected chi connectivity index (χ4v) is 2.69. The lowest BCUT2D eigenvalue weighted by atomic mass is 10.3. The number of anilines is 1. The van der Waals surface area contributed by atoms with Gasteiger partial charge in [-0.2, -0.15) is 0 Å². The quantitative estimate of drug-likeness (QED) is 0.837. The van der Waals surface area contributed by atoms with Crippen molar-refractivity contribution in [3.05, 3.63) is 35.1 Å². The molecule has 1 atom stereocenters. The number of amides is 1. The predicted octanol–water partition coefficient (Wildman–Crippen LogP) is 3.18. The van der Waals surface area contributed by atoms with Crippen molar-refractivity contribution in [3.63, 3.8) is 0 Å². The van der Waals surface area contributed by atoms with E-state index < -0.39 is 0 Å². The molecule has 1 aromatic heterocycles. The van der Waals surface area contributed by atoms with E-state index in [1.165, 1.54) is 11.8 Å². The summed E-state index contributed by atoms with van der Waals surface area (Å²) in [5.74, 6) is -0.0528. The van der Waals surface area contributed by atoms with Crippen molar-refractivity contribution >= 4 is 39.3 Å². The van der Waals surface area contributed by atoms with Gasteiger partial charge in [-0.05, 0) is 38.1 Å². The standard InChI is InChI=1S/C13H15BrN4OS/c1-3-18-8-15-17-13(18)20-9(2)12(19)16-11-6-4-10(14)5-7-11/h4-9H,3H2,1-2H3,(H,16,19)/t9-/m0/s1. The molecule has 0 aliphatic carbocycles. The van der Waals surface area contributed by atoms with E-state index in [9.17, 15) is 4.79 Å². The third kappa shape index (κ3) is 3.83. The second-order valence-electron chi connectivity index (χ2n) is 4.16. The molecule has 0 aliphatic heterocycles. The summed E-state index contributed by atoms with van der Waals surface area (Å²) < 4.78 is 2.89. The molecule has 2 aromatic rings. The Bertz CT molecular complexity index is 584. The first kappa shape index (κ1) is 15.1. The van der Waals surface area contributed by atoms with Crippen molar-refractivity contribution in [1.29, 1.82) is 0 Å². The van der Waals surface area contributed by atoms with E-state index >= 15 is 0 Å². The number of nitrogens with zero attached hydrogens (tertiary/aromatic N) is 3. The number of nitrogens with one attached hydrogen (secondary N) is 1. The lowest BCUT2D eigenvalue weighted by molar-refractivity contribution is -0.115. The van der Waals surface area contributed by atoms with Crippen LogP contribution in [0.4, 0.5) is 5.69 Å². The maximum absolute atomic E-state index is 12.1. The zero-order valence-electron chi connectivity index (χ0n) is 11.2. The molecule has 5 nitrogen and oxygen atoms in total. The van der Waals surface area contributed by atoms with Crippen molar-refractivity contribution < 1.29 is 4.79 Å². The second kappa shape index (κ2) is 6.90. The SMILES string of the molecule is CCn1cnnc1S[C@@H](C)C(=O)Nc1ccc(Br)cc1. The Hall–Kier alpha value is -1.34. The van der Waals surface area contributed by atoms with Gasteiger partial charge >= 0.3 is 0 Å². The van der Waals surface area contributed by atoms with Crippen LogP contribution in [0.1, 0.15) is 13.8 Å². The van der Waals surface area contributed by atoms with Crippen LogP contribution in [0.15, 0.2) is 40.2 Å². The maximum atomic E-state index is 12.1. The fourth-order valence-electron chi connectivity index (χ4n) is 1.54. The molecular formula is C13H15BrN4OS. The van der Waals surface area contributed by atoms with Gasteiger partial charge in [-0.15, -0.1) is 10.2 Å². The van der Waals surface area contributed by atoms with Gasteiger partial charge in [-0.3, -0.25) is 4.79 Å². The minimum Gasteiger partial charge on any atom is -0.325 e. The van der Waals surface area contributed by atoms with Crippen LogP contribution in [0.5, 0.6) is 0 Å². The van der Waals surface area contributed by atoms with Crippen molar-refractivity contribution in [2.45, 2.75) is 30.8 Å². The number of hydrogen-bond donors (Lipinski definition) is 1.